The standard InChI is InChI=1S/Fe.H3O4P.H2S/c;1-5(2,3)4;/h;(H3,1,2,3,4);1H2/q+2;;/p-2. The summed E-state index contributed by atoms with van der Waals surface area (Å²) in [5.74, 6) is 0. The summed E-state index contributed by atoms with van der Waals surface area (Å²) in [6, 6.07) is 0. The van der Waals surface area contributed by atoms with Crippen molar-refractivity contribution in [1.29, 1.82) is 0 Å². The number of hydrogen-bond donors (Lipinski definition) is 1. The van der Waals surface area contributed by atoms with E-state index in [0.717, 1.165) is 0 Å². The predicted octanol–water partition coefficient (Wildman–Crippen LogP) is -2.08. The molecule has 0 aliphatic heterocycles. The van der Waals surface area contributed by atoms with Crippen molar-refractivity contribution in [1.82, 2.24) is 0 Å². The summed E-state index contributed by atoms with van der Waals surface area (Å²) in [4.78, 5) is 24.3. The van der Waals surface area contributed by atoms with E-state index in [1.54, 1.807) is 0 Å². The van der Waals surface area contributed by atoms with Crippen molar-refractivity contribution >= 4 is 21.3 Å². The predicted molar refractivity (Wildman–Crippen MR) is 20.2 cm³/mol. The van der Waals surface area contributed by atoms with Gasteiger partial charge in [0.15, 0.2) is 0 Å². The molecule has 0 radical (unpaired) electrons. The molecule has 0 aliphatic carbocycles. The van der Waals surface area contributed by atoms with Gasteiger partial charge in [0.2, 0.25) is 0 Å². The number of rotatable bonds is 0. The van der Waals surface area contributed by atoms with Gasteiger partial charge in [0.05, 0.1) is 7.82 Å². The van der Waals surface area contributed by atoms with Gasteiger partial charge in [-0.25, -0.2) is 0 Å². The molecule has 0 aliphatic rings. The smallest absolute Gasteiger partial charge is 0.790 e. The monoisotopic (exact) mass is 186 g/mol. The first-order valence-electron chi connectivity index (χ1n) is 0.748. The minimum absolute atomic E-state index is 0. The zero-order chi connectivity index (χ0) is 4.50. The Hall–Kier alpha value is 0.979. The van der Waals surface area contributed by atoms with Gasteiger partial charge in [-0.3, -0.25) is 0 Å². The molecule has 0 saturated carbocycles. The maximum atomic E-state index is 8.66. The van der Waals surface area contributed by atoms with Crippen LogP contribution in [-0.4, -0.2) is 4.89 Å². The molecule has 0 atom stereocenters. The molecule has 4 nitrogen and oxygen atoms in total. The van der Waals surface area contributed by atoms with Crippen LogP contribution in [0.15, 0.2) is 0 Å². The van der Waals surface area contributed by atoms with Crippen molar-refractivity contribution in [3.8, 4) is 0 Å². The molecule has 0 fully saturated rings. The second kappa shape index (κ2) is 5.12. The topological polar surface area (TPSA) is 83.4 Å². The van der Waals surface area contributed by atoms with Crippen LogP contribution in [0.1, 0.15) is 0 Å². The summed E-state index contributed by atoms with van der Waals surface area (Å²) in [5, 5.41) is 0. The van der Waals surface area contributed by atoms with Crippen LogP contribution < -0.4 is 9.79 Å². The van der Waals surface area contributed by atoms with E-state index < -0.39 is 7.82 Å². The van der Waals surface area contributed by atoms with E-state index in [1.807, 2.05) is 0 Å². The van der Waals surface area contributed by atoms with Gasteiger partial charge < -0.3 is 19.2 Å². The molecule has 0 aromatic carbocycles. The summed E-state index contributed by atoms with van der Waals surface area (Å²) in [6.45, 7) is 0. The normalized spacial score (nSPS) is 8.43. The van der Waals surface area contributed by atoms with Crippen LogP contribution in [0.3, 0.4) is 0 Å². The Labute approximate surface area is 58.1 Å². The molecule has 0 bridgehead atoms. The first kappa shape index (κ1) is 15.7. The van der Waals surface area contributed by atoms with Gasteiger partial charge in [0.25, 0.3) is 0 Å². The molecule has 46 valence electrons. The Morgan fingerprint density at radius 2 is 1.43 bits per heavy atom. The van der Waals surface area contributed by atoms with Crippen LogP contribution in [0, 0.1) is 0 Å². The summed E-state index contributed by atoms with van der Waals surface area (Å²) >= 11 is 0. The fourth-order valence-corrected chi connectivity index (χ4v) is 0. The Morgan fingerprint density at radius 1 is 1.43 bits per heavy atom. The minimum Gasteiger partial charge on any atom is -0.790 e. The molecule has 0 saturated heterocycles. The van der Waals surface area contributed by atoms with Gasteiger partial charge >= 0.3 is 17.1 Å². The van der Waals surface area contributed by atoms with Crippen LogP contribution >= 0.6 is 21.3 Å². The molecule has 0 aromatic heterocycles. The maximum absolute atomic E-state index is 8.66. The van der Waals surface area contributed by atoms with Crippen LogP contribution in [0.2, 0.25) is 0 Å². The average molecular weight is 186 g/mol. The molecule has 7 heavy (non-hydrogen) atoms. The van der Waals surface area contributed by atoms with Crippen LogP contribution in [0.25, 0.3) is 0 Å². The summed E-state index contributed by atoms with van der Waals surface area (Å²) < 4.78 is 8.66. The van der Waals surface area contributed by atoms with Crippen molar-refractivity contribution < 1.29 is 36.3 Å². The van der Waals surface area contributed by atoms with E-state index >= 15 is 0 Å². The SMILES string of the molecule is O=P([O-])([O-])O.S.[Fe+2]. The Morgan fingerprint density at radius 3 is 1.43 bits per heavy atom. The first-order valence-corrected chi connectivity index (χ1v) is 2.24. The van der Waals surface area contributed by atoms with E-state index in [2.05, 4.69) is 0 Å². The number of phosphoric acid groups is 1. The van der Waals surface area contributed by atoms with E-state index in [9.17, 15) is 0 Å². The molecular formula is H3FeO4PS. The Balaban J connectivity index is -0.0000000800. The molecule has 0 heterocycles. The second-order valence-electron chi connectivity index (χ2n) is 0.469. The summed E-state index contributed by atoms with van der Waals surface area (Å²) in [5.41, 5.74) is 0. The van der Waals surface area contributed by atoms with Gasteiger partial charge in [0.1, 0.15) is 0 Å². The molecule has 0 aromatic rings. The Kier molecular flexibility index (Phi) is 11.5. The fourth-order valence-electron chi connectivity index (χ4n) is 0. The fraction of sp³-hybridized carbons (Fsp3) is 0. The molecule has 1 N–H and O–H groups in total. The van der Waals surface area contributed by atoms with E-state index in [1.165, 1.54) is 0 Å². The van der Waals surface area contributed by atoms with Crippen molar-refractivity contribution in [3.63, 3.8) is 0 Å². The van der Waals surface area contributed by atoms with Crippen molar-refractivity contribution in [2.75, 3.05) is 0 Å². The Bertz CT molecular complexity index is 57.8. The van der Waals surface area contributed by atoms with Gasteiger partial charge in [-0.15, -0.1) is 0 Å². The van der Waals surface area contributed by atoms with Gasteiger partial charge in [0, 0.05) is 0 Å². The third-order valence-electron chi connectivity index (χ3n) is 0. The largest absolute Gasteiger partial charge is 2.00 e. The van der Waals surface area contributed by atoms with Crippen LogP contribution in [0.5, 0.6) is 0 Å². The van der Waals surface area contributed by atoms with Gasteiger partial charge in [-0.1, -0.05) is 0 Å². The zero-order valence-electron chi connectivity index (χ0n) is 2.97. The van der Waals surface area contributed by atoms with Crippen molar-refractivity contribution in [2.45, 2.75) is 0 Å². The van der Waals surface area contributed by atoms with E-state index in [-0.39, 0.29) is 30.6 Å². The van der Waals surface area contributed by atoms with Crippen LogP contribution in [-0.2, 0) is 21.6 Å². The van der Waals surface area contributed by atoms with Crippen LogP contribution in [0.4, 0.5) is 0 Å². The molecule has 0 rings (SSSR count). The molecule has 0 unspecified atom stereocenters. The maximum Gasteiger partial charge on any atom is 2.00 e. The zero-order valence-corrected chi connectivity index (χ0v) is 5.97. The van der Waals surface area contributed by atoms with Crippen molar-refractivity contribution in [2.24, 2.45) is 0 Å². The third kappa shape index (κ3) is 180. The second-order valence-corrected chi connectivity index (χ2v) is 1.41. The first-order chi connectivity index (χ1) is 2.00. The average Bonchev–Trinajstić information content (AvgIpc) is 0.722. The van der Waals surface area contributed by atoms with Gasteiger partial charge in [-0.05, 0) is 0 Å². The van der Waals surface area contributed by atoms with Gasteiger partial charge in [-0.2, -0.15) is 13.5 Å². The minimum atomic E-state index is -5.14. The third-order valence-corrected chi connectivity index (χ3v) is 0. The van der Waals surface area contributed by atoms with Crippen molar-refractivity contribution in [3.05, 3.63) is 0 Å². The molecular weight excluding hydrogens is 183 g/mol. The quantitative estimate of drug-likeness (QED) is 0.347. The molecule has 0 spiro atoms. The van der Waals surface area contributed by atoms with E-state index in [4.69, 9.17) is 19.2 Å². The number of hydrogen-bond acceptors (Lipinski definition) is 3. The summed E-state index contributed by atoms with van der Waals surface area (Å²) in [7, 11) is -5.14. The molecule has 0 amide bonds. The summed E-state index contributed by atoms with van der Waals surface area (Å²) in [6.07, 6.45) is 0. The molecule has 7 heteroatoms. The van der Waals surface area contributed by atoms with E-state index in [0.29, 0.717) is 0 Å².